The average molecular weight is 283 g/mol. The first-order chi connectivity index (χ1) is 10.1. The second-order valence-electron chi connectivity index (χ2n) is 5.72. The highest BCUT2D eigenvalue weighted by Gasteiger charge is 2.21. The molecule has 1 atom stereocenters. The van der Waals surface area contributed by atoms with Gasteiger partial charge in [-0.3, -0.25) is 4.40 Å². The van der Waals surface area contributed by atoms with Crippen LogP contribution in [0.25, 0.3) is 16.7 Å². The smallest absolute Gasteiger partial charge is 0.204 e. The van der Waals surface area contributed by atoms with Gasteiger partial charge in [-0.05, 0) is 31.9 Å². The number of para-hydroxylation sites is 2. The minimum atomic E-state index is 0.393. The summed E-state index contributed by atoms with van der Waals surface area (Å²) in [6, 6.07) is 8.50. The third kappa shape index (κ3) is 2.22. The molecule has 1 unspecified atom stereocenters. The Hall–Kier alpha value is -2.17. The number of anilines is 1. The van der Waals surface area contributed by atoms with Crippen LogP contribution < -0.4 is 4.90 Å². The summed E-state index contributed by atoms with van der Waals surface area (Å²) in [6.45, 7) is 9.75. The zero-order valence-electron chi connectivity index (χ0n) is 13.0. The largest absolute Gasteiger partial charge is 0.351 e. The van der Waals surface area contributed by atoms with Crippen LogP contribution in [0.15, 0.2) is 30.6 Å². The predicted molar refractivity (Wildman–Crippen MR) is 85.6 cm³/mol. The normalized spacial score (nSPS) is 13.2. The fourth-order valence-corrected chi connectivity index (χ4v) is 2.67. The minimum Gasteiger partial charge on any atom is -0.351 e. The van der Waals surface area contributed by atoms with Crippen LogP contribution >= 0.6 is 0 Å². The summed E-state index contributed by atoms with van der Waals surface area (Å²) in [5, 5.41) is 8.37. The lowest BCUT2D eigenvalue weighted by Gasteiger charge is -2.32. The maximum Gasteiger partial charge on any atom is 0.204 e. The molecule has 5 heteroatoms. The van der Waals surface area contributed by atoms with E-state index in [1.807, 2.05) is 28.7 Å². The maximum atomic E-state index is 4.85. The van der Waals surface area contributed by atoms with Crippen molar-refractivity contribution in [1.82, 2.24) is 19.6 Å². The standard InChI is InChI=1S/C16H21N5/c1-5-20(12(4)11(2)3)15-16-19-17-10-21(16)14-9-7-6-8-13(14)18-15/h6-12H,5H2,1-4H3. The van der Waals surface area contributed by atoms with E-state index >= 15 is 0 Å². The Morgan fingerprint density at radius 1 is 1.19 bits per heavy atom. The number of hydrogen-bond donors (Lipinski definition) is 0. The molecule has 0 aliphatic rings. The van der Waals surface area contributed by atoms with E-state index in [2.05, 4.69) is 42.8 Å². The number of aromatic nitrogens is 4. The zero-order chi connectivity index (χ0) is 15.0. The predicted octanol–water partition coefficient (Wildman–Crippen LogP) is 3.15. The molecule has 0 fully saturated rings. The van der Waals surface area contributed by atoms with Gasteiger partial charge in [-0.1, -0.05) is 26.0 Å². The molecule has 3 rings (SSSR count). The molecule has 110 valence electrons. The van der Waals surface area contributed by atoms with Crippen LogP contribution in [0.3, 0.4) is 0 Å². The highest BCUT2D eigenvalue weighted by atomic mass is 15.3. The van der Waals surface area contributed by atoms with E-state index in [9.17, 15) is 0 Å². The van der Waals surface area contributed by atoms with E-state index in [1.54, 1.807) is 6.33 Å². The van der Waals surface area contributed by atoms with Crippen LogP contribution in [-0.4, -0.2) is 32.2 Å². The summed E-state index contributed by atoms with van der Waals surface area (Å²) < 4.78 is 2.02. The number of fused-ring (bicyclic) bond motifs is 3. The van der Waals surface area contributed by atoms with Gasteiger partial charge in [0.25, 0.3) is 0 Å². The molecule has 0 amide bonds. The number of benzene rings is 1. The summed E-state index contributed by atoms with van der Waals surface area (Å²) in [6.07, 6.45) is 1.76. The van der Waals surface area contributed by atoms with Crippen LogP contribution in [-0.2, 0) is 0 Å². The lowest BCUT2D eigenvalue weighted by atomic mass is 10.0. The van der Waals surface area contributed by atoms with Gasteiger partial charge in [-0.2, -0.15) is 0 Å². The summed E-state index contributed by atoms with van der Waals surface area (Å²) in [5.74, 6) is 1.45. The van der Waals surface area contributed by atoms with Crippen LogP contribution in [0.1, 0.15) is 27.7 Å². The number of nitrogens with zero attached hydrogens (tertiary/aromatic N) is 5. The van der Waals surface area contributed by atoms with Gasteiger partial charge in [0.2, 0.25) is 5.65 Å². The van der Waals surface area contributed by atoms with Gasteiger partial charge in [0, 0.05) is 12.6 Å². The second-order valence-corrected chi connectivity index (χ2v) is 5.72. The molecular formula is C16H21N5. The SMILES string of the molecule is CCN(c1nc2ccccc2n2cnnc12)C(C)C(C)C. The maximum absolute atomic E-state index is 4.85. The first kappa shape index (κ1) is 13.8. The van der Waals surface area contributed by atoms with Crippen LogP contribution in [0.2, 0.25) is 0 Å². The van der Waals surface area contributed by atoms with Gasteiger partial charge in [0.15, 0.2) is 5.82 Å². The molecule has 0 radical (unpaired) electrons. The molecule has 1 aromatic carbocycles. The van der Waals surface area contributed by atoms with Gasteiger partial charge < -0.3 is 4.90 Å². The molecule has 0 N–H and O–H groups in total. The molecule has 2 aromatic heterocycles. The fourth-order valence-electron chi connectivity index (χ4n) is 2.67. The van der Waals surface area contributed by atoms with E-state index in [-0.39, 0.29) is 0 Å². The van der Waals surface area contributed by atoms with Crippen LogP contribution in [0.4, 0.5) is 5.82 Å². The molecule has 21 heavy (non-hydrogen) atoms. The van der Waals surface area contributed by atoms with E-state index in [4.69, 9.17) is 4.98 Å². The Bertz CT molecular complexity index is 762. The molecule has 0 saturated carbocycles. The molecule has 0 aliphatic heterocycles. The Kier molecular flexibility index (Phi) is 3.49. The summed E-state index contributed by atoms with van der Waals surface area (Å²) in [7, 11) is 0. The van der Waals surface area contributed by atoms with Crippen LogP contribution in [0.5, 0.6) is 0 Å². The third-order valence-electron chi connectivity index (χ3n) is 4.18. The van der Waals surface area contributed by atoms with Crippen molar-refractivity contribution in [3.63, 3.8) is 0 Å². The average Bonchev–Trinajstić information content (AvgIpc) is 2.97. The van der Waals surface area contributed by atoms with E-state index in [0.29, 0.717) is 12.0 Å². The lowest BCUT2D eigenvalue weighted by Crippen LogP contribution is -2.37. The van der Waals surface area contributed by atoms with Gasteiger partial charge in [-0.25, -0.2) is 4.98 Å². The minimum absolute atomic E-state index is 0.393. The Morgan fingerprint density at radius 3 is 2.67 bits per heavy atom. The van der Waals surface area contributed by atoms with Crippen molar-refractivity contribution in [2.45, 2.75) is 33.7 Å². The highest BCUT2D eigenvalue weighted by molar-refractivity contribution is 5.82. The Balaban J connectivity index is 2.26. The van der Waals surface area contributed by atoms with Gasteiger partial charge in [0.05, 0.1) is 11.0 Å². The van der Waals surface area contributed by atoms with E-state index in [1.165, 1.54) is 0 Å². The Labute approximate surface area is 124 Å². The van der Waals surface area contributed by atoms with Gasteiger partial charge in [0.1, 0.15) is 6.33 Å². The molecule has 0 aliphatic carbocycles. The zero-order valence-corrected chi connectivity index (χ0v) is 13.0. The third-order valence-corrected chi connectivity index (χ3v) is 4.18. The van der Waals surface area contributed by atoms with Crippen molar-refractivity contribution in [3.8, 4) is 0 Å². The Morgan fingerprint density at radius 2 is 1.95 bits per heavy atom. The quantitative estimate of drug-likeness (QED) is 0.738. The summed E-state index contributed by atoms with van der Waals surface area (Å²) in [5.41, 5.74) is 2.83. The van der Waals surface area contributed by atoms with Crippen LogP contribution in [0, 0.1) is 5.92 Å². The van der Waals surface area contributed by atoms with Crippen molar-refractivity contribution in [2.75, 3.05) is 11.4 Å². The van der Waals surface area contributed by atoms with Gasteiger partial charge >= 0.3 is 0 Å². The number of hydrogen-bond acceptors (Lipinski definition) is 4. The van der Waals surface area contributed by atoms with E-state index in [0.717, 1.165) is 29.0 Å². The molecule has 0 saturated heterocycles. The molecule has 2 heterocycles. The topological polar surface area (TPSA) is 46.3 Å². The summed E-state index contributed by atoms with van der Waals surface area (Å²) in [4.78, 5) is 7.16. The van der Waals surface area contributed by atoms with Crippen molar-refractivity contribution >= 4 is 22.5 Å². The van der Waals surface area contributed by atoms with Crippen molar-refractivity contribution < 1.29 is 0 Å². The molecule has 0 spiro atoms. The first-order valence-electron chi connectivity index (χ1n) is 7.48. The van der Waals surface area contributed by atoms with Crippen molar-refractivity contribution in [3.05, 3.63) is 30.6 Å². The monoisotopic (exact) mass is 283 g/mol. The molecule has 0 bridgehead atoms. The molecule has 5 nitrogen and oxygen atoms in total. The van der Waals surface area contributed by atoms with Crippen molar-refractivity contribution in [1.29, 1.82) is 0 Å². The fraction of sp³-hybridized carbons (Fsp3) is 0.438. The molecular weight excluding hydrogens is 262 g/mol. The number of rotatable bonds is 4. The second kappa shape index (κ2) is 5.31. The summed E-state index contributed by atoms with van der Waals surface area (Å²) >= 11 is 0. The van der Waals surface area contributed by atoms with Crippen molar-refractivity contribution in [2.24, 2.45) is 5.92 Å². The first-order valence-corrected chi connectivity index (χ1v) is 7.48. The molecule has 3 aromatic rings. The highest BCUT2D eigenvalue weighted by Crippen LogP contribution is 2.26. The van der Waals surface area contributed by atoms with Gasteiger partial charge in [-0.15, -0.1) is 10.2 Å². The van der Waals surface area contributed by atoms with E-state index < -0.39 is 0 Å². The lowest BCUT2D eigenvalue weighted by molar-refractivity contribution is 0.487.